The number of carbonyl (C=O) groups excluding carboxylic acids is 1. The summed E-state index contributed by atoms with van der Waals surface area (Å²) in [6, 6.07) is 13.6. The summed E-state index contributed by atoms with van der Waals surface area (Å²) in [6.07, 6.45) is 7.09. The Labute approximate surface area is 187 Å². The van der Waals surface area contributed by atoms with E-state index in [-0.39, 0.29) is 5.91 Å². The molecule has 7 heteroatoms. The maximum Gasteiger partial charge on any atom is 0.274 e. The summed E-state index contributed by atoms with van der Waals surface area (Å²) in [5.74, 6) is 1.02. The van der Waals surface area contributed by atoms with Crippen LogP contribution in [0.3, 0.4) is 0 Å². The lowest BCUT2D eigenvalue weighted by Gasteiger charge is -2.35. The highest BCUT2D eigenvalue weighted by Gasteiger charge is 2.30. The second-order valence-corrected chi connectivity index (χ2v) is 8.63. The van der Waals surface area contributed by atoms with Crippen LogP contribution in [-0.4, -0.2) is 51.8 Å². The molecular formula is C24H26ClN5O. The van der Waals surface area contributed by atoms with Crippen molar-refractivity contribution in [1.29, 1.82) is 0 Å². The number of piperazine rings is 1. The van der Waals surface area contributed by atoms with Gasteiger partial charge in [-0.15, -0.1) is 0 Å². The number of halogens is 1. The molecule has 160 valence electrons. The molecule has 1 aliphatic heterocycles. The third-order valence-corrected chi connectivity index (χ3v) is 6.50. The fourth-order valence-electron chi connectivity index (χ4n) is 4.57. The first-order chi connectivity index (χ1) is 15.2. The summed E-state index contributed by atoms with van der Waals surface area (Å²) in [5.41, 5.74) is 3.89. The smallest absolute Gasteiger partial charge is 0.274 e. The van der Waals surface area contributed by atoms with Crippen molar-refractivity contribution in [3.8, 4) is 5.69 Å². The highest BCUT2D eigenvalue weighted by atomic mass is 35.5. The van der Waals surface area contributed by atoms with Crippen LogP contribution in [0.25, 0.3) is 5.69 Å². The van der Waals surface area contributed by atoms with Gasteiger partial charge in [0.15, 0.2) is 5.69 Å². The molecule has 3 heterocycles. The minimum atomic E-state index is 0.0477. The Morgan fingerprint density at radius 3 is 2.42 bits per heavy atom. The van der Waals surface area contributed by atoms with Gasteiger partial charge in [-0.25, -0.2) is 9.67 Å². The van der Waals surface area contributed by atoms with Gasteiger partial charge in [-0.05, 0) is 62.1 Å². The van der Waals surface area contributed by atoms with Crippen molar-refractivity contribution in [2.75, 3.05) is 31.1 Å². The van der Waals surface area contributed by atoms with Crippen molar-refractivity contribution in [2.24, 2.45) is 0 Å². The summed E-state index contributed by atoms with van der Waals surface area (Å²) in [5, 5.41) is 5.54. The van der Waals surface area contributed by atoms with Gasteiger partial charge in [0.25, 0.3) is 5.91 Å². The molecule has 0 unspecified atom stereocenters. The molecule has 0 saturated carbocycles. The zero-order valence-corrected chi connectivity index (χ0v) is 18.3. The van der Waals surface area contributed by atoms with E-state index < -0.39 is 0 Å². The van der Waals surface area contributed by atoms with Crippen molar-refractivity contribution >= 4 is 23.3 Å². The van der Waals surface area contributed by atoms with Crippen LogP contribution >= 0.6 is 11.6 Å². The van der Waals surface area contributed by atoms with E-state index in [9.17, 15) is 4.79 Å². The highest BCUT2D eigenvalue weighted by Crippen LogP contribution is 2.28. The van der Waals surface area contributed by atoms with Crippen LogP contribution in [0.4, 0.5) is 5.82 Å². The molecule has 1 aromatic carbocycles. The molecule has 1 aliphatic carbocycles. The highest BCUT2D eigenvalue weighted by molar-refractivity contribution is 6.30. The summed E-state index contributed by atoms with van der Waals surface area (Å²) in [6.45, 7) is 2.92. The Bertz CT molecular complexity index is 1060. The average molecular weight is 436 g/mol. The van der Waals surface area contributed by atoms with E-state index in [0.29, 0.717) is 23.8 Å². The average Bonchev–Trinajstić information content (AvgIpc) is 3.00. The van der Waals surface area contributed by atoms with Crippen molar-refractivity contribution in [2.45, 2.75) is 32.1 Å². The molecule has 0 spiro atoms. The molecular weight excluding hydrogens is 410 g/mol. The molecule has 2 aliphatic rings. The molecule has 0 bridgehead atoms. The molecule has 0 atom stereocenters. The number of hydrogen-bond acceptors (Lipinski definition) is 4. The largest absolute Gasteiger partial charge is 0.353 e. The van der Waals surface area contributed by atoms with Gasteiger partial charge in [0.05, 0.1) is 5.69 Å². The van der Waals surface area contributed by atoms with Gasteiger partial charge < -0.3 is 9.80 Å². The lowest BCUT2D eigenvalue weighted by molar-refractivity contribution is 0.0739. The Morgan fingerprint density at radius 2 is 1.68 bits per heavy atom. The predicted octanol–water partition coefficient (Wildman–Crippen LogP) is 4.15. The van der Waals surface area contributed by atoms with Crippen molar-refractivity contribution < 1.29 is 4.79 Å². The molecule has 0 radical (unpaired) electrons. The van der Waals surface area contributed by atoms with Crippen LogP contribution in [-0.2, 0) is 12.8 Å². The molecule has 31 heavy (non-hydrogen) atoms. The summed E-state index contributed by atoms with van der Waals surface area (Å²) in [7, 11) is 0. The normalized spacial score (nSPS) is 16.7. The number of amides is 1. The molecule has 1 saturated heterocycles. The molecule has 1 amide bonds. The number of nitrogens with zero attached hydrogens (tertiary/aromatic N) is 5. The van der Waals surface area contributed by atoms with Gasteiger partial charge in [-0.3, -0.25) is 4.79 Å². The number of aromatic nitrogens is 3. The zero-order valence-electron chi connectivity index (χ0n) is 17.5. The van der Waals surface area contributed by atoms with Gasteiger partial charge in [0.1, 0.15) is 5.82 Å². The molecule has 2 aromatic heterocycles. The van der Waals surface area contributed by atoms with E-state index in [1.165, 1.54) is 12.1 Å². The van der Waals surface area contributed by atoms with Crippen LogP contribution in [0.1, 0.15) is 41.0 Å². The number of fused-ring (bicyclic) bond motifs is 1. The van der Waals surface area contributed by atoms with Gasteiger partial charge in [0.2, 0.25) is 0 Å². The molecule has 1 fully saturated rings. The quantitative estimate of drug-likeness (QED) is 0.580. The standard InChI is InChI=1S/C24H26ClN5O/c25-18-9-11-19(12-10-18)30-21-7-3-1-2-6-20(21)23(27-30)24(31)29-16-14-28(15-17-29)22-8-4-5-13-26-22/h4-5,8-13H,1-3,6-7,14-17H2. The van der Waals surface area contributed by atoms with Crippen molar-refractivity contribution in [3.05, 3.63) is 70.6 Å². The van der Waals surface area contributed by atoms with Gasteiger partial charge in [-0.2, -0.15) is 5.10 Å². The van der Waals surface area contributed by atoms with E-state index in [1.807, 2.05) is 58.2 Å². The van der Waals surface area contributed by atoms with Crippen LogP contribution in [0.5, 0.6) is 0 Å². The van der Waals surface area contributed by atoms with E-state index in [1.54, 1.807) is 0 Å². The Hall–Kier alpha value is -2.86. The number of hydrogen-bond donors (Lipinski definition) is 0. The fraction of sp³-hybridized carbons (Fsp3) is 0.375. The van der Waals surface area contributed by atoms with E-state index in [0.717, 1.165) is 55.8 Å². The first kappa shape index (κ1) is 20.1. The third kappa shape index (κ3) is 4.04. The predicted molar refractivity (Wildman–Crippen MR) is 122 cm³/mol. The maximum atomic E-state index is 13.5. The molecule has 5 rings (SSSR count). The first-order valence-corrected chi connectivity index (χ1v) is 11.4. The minimum absolute atomic E-state index is 0.0477. The monoisotopic (exact) mass is 435 g/mol. The lowest BCUT2D eigenvalue weighted by atomic mass is 10.1. The van der Waals surface area contributed by atoms with Crippen molar-refractivity contribution in [3.63, 3.8) is 0 Å². The Kier molecular flexibility index (Phi) is 5.64. The third-order valence-electron chi connectivity index (χ3n) is 6.24. The summed E-state index contributed by atoms with van der Waals surface area (Å²) >= 11 is 6.08. The maximum absolute atomic E-state index is 13.5. The molecule has 3 aromatic rings. The summed E-state index contributed by atoms with van der Waals surface area (Å²) in [4.78, 5) is 22.1. The second kappa shape index (κ2) is 8.71. The van der Waals surface area contributed by atoms with Gasteiger partial charge in [0, 0.05) is 48.7 Å². The van der Waals surface area contributed by atoms with Crippen LogP contribution in [0.2, 0.25) is 5.02 Å². The number of anilines is 1. The topological polar surface area (TPSA) is 54.3 Å². The summed E-state index contributed by atoms with van der Waals surface area (Å²) < 4.78 is 1.97. The Morgan fingerprint density at radius 1 is 0.903 bits per heavy atom. The fourth-order valence-corrected chi connectivity index (χ4v) is 4.70. The first-order valence-electron chi connectivity index (χ1n) is 11.0. The molecule has 0 N–H and O–H groups in total. The van der Waals surface area contributed by atoms with Gasteiger partial charge >= 0.3 is 0 Å². The lowest BCUT2D eigenvalue weighted by Crippen LogP contribution is -2.49. The Balaban J connectivity index is 1.41. The number of rotatable bonds is 3. The van der Waals surface area contributed by atoms with Crippen LogP contribution < -0.4 is 4.90 Å². The zero-order chi connectivity index (χ0) is 21.2. The molecule has 6 nitrogen and oxygen atoms in total. The van der Waals surface area contributed by atoms with E-state index >= 15 is 0 Å². The number of carbonyl (C=O) groups is 1. The minimum Gasteiger partial charge on any atom is -0.353 e. The van der Waals surface area contributed by atoms with E-state index in [2.05, 4.69) is 9.88 Å². The number of pyridine rings is 1. The van der Waals surface area contributed by atoms with Crippen LogP contribution in [0, 0.1) is 0 Å². The second-order valence-electron chi connectivity index (χ2n) is 8.19. The van der Waals surface area contributed by atoms with E-state index in [4.69, 9.17) is 16.7 Å². The van der Waals surface area contributed by atoms with Gasteiger partial charge in [-0.1, -0.05) is 24.1 Å². The van der Waals surface area contributed by atoms with Crippen LogP contribution in [0.15, 0.2) is 48.7 Å². The van der Waals surface area contributed by atoms with Crippen molar-refractivity contribution in [1.82, 2.24) is 19.7 Å². The number of benzene rings is 1. The SMILES string of the molecule is O=C(c1nn(-c2ccc(Cl)cc2)c2c1CCCCC2)N1CCN(c2ccccn2)CC1.